The van der Waals surface area contributed by atoms with Gasteiger partial charge in [-0.2, -0.15) is 0 Å². The summed E-state index contributed by atoms with van der Waals surface area (Å²) in [6, 6.07) is 31.0. The van der Waals surface area contributed by atoms with E-state index in [1.807, 2.05) is 83.8 Å². The molecular formula is C48H43N7O4. The van der Waals surface area contributed by atoms with Crippen molar-refractivity contribution in [3.63, 3.8) is 0 Å². The molecule has 11 nitrogen and oxygen atoms in total. The first-order valence-corrected chi connectivity index (χ1v) is 20.7. The zero-order chi connectivity index (χ0) is 39.8. The zero-order valence-corrected chi connectivity index (χ0v) is 32.7. The van der Waals surface area contributed by atoms with Crippen LogP contribution in [-0.2, 0) is 33.6 Å². The lowest BCUT2D eigenvalue weighted by atomic mass is 9.91. The van der Waals surface area contributed by atoms with Crippen LogP contribution in [-0.4, -0.2) is 66.8 Å². The van der Waals surface area contributed by atoms with Crippen LogP contribution >= 0.6 is 0 Å². The van der Waals surface area contributed by atoms with Crippen LogP contribution in [0.25, 0.3) is 22.3 Å². The van der Waals surface area contributed by atoms with E-state index >= 15 is 0 Å². The second-order valence-electron chi connectivity index (χ2n) is 16.7. The van der Waals surface area contributed by atoms with Crippen molar-refractivity contribution in [3.05, 3.63) is 142 Å². The summed E-state index contributed by atoms with van der Waals surface area (Å²) in [5, 5.41) is 2.76. The number of carbonyl (C=O) groups is 3. The van der Waals surface area contributed by atoms with Crippen LogP contribution in [0.5, 0.6) is 0 Å². The molecule has 0 spiro atoms. The molecule has 2 aromatic heterocycles. The number of piperidine rings is 2. The first-order valence-electron chi connectivity index (χ1n) is 20.7. The lowest BCUT2D eigenvalue weighted by Gasteiger charge is -2.30. The van der Waals surface area contributed by atoms with Gasteiger partial charge in [0, 0.05) is 34.5 Å². The second-order valence-corrected chi connectivity index (χ2v) is 16.7. The molecule has 4 fully saturated rings. The Balaban J connectivity index is 0.807. The molecule has 4 aromatic carbocycles. The summed E-state index contributed by atoms with van der Waals surface area (Å²) in [6.45, 7) is 0. The largest absolute Gasteiger partial charge is 0.453 e. The SMILES string of the molecule is COC(=O)N[C@@H](C(=O)N1[C@@H]2CC2C[C@H]1c1nc2ccc(C#Cc3ccc4c(c3)CCc3[nH]c([C@@H]5C[C@H]6C[C@H]6N5C(=O)Cc5ccccc5)nc3-4)cc2[nH]1)c1ccccc1. The number of carbonyl (C=O) groups excluding carboxylic acids is 3. The smallest absolute Gasteiger partial charge is 0.407 e. The summed E-state index contributed by atoms with van der Waals surface area (Å²) < 4.78 is 4.88. The number of methoxy groups -OCH3 is 1. The van der Waals surface area contributed by atoms with E-state index in [4.69, 9.17) is 14.7 Å². The van der Waals surface area contributed by atoms with E-state index in [9.17, 15) is 14.4 Å². The highest BCUT2D eigenvalue weighted by atomic mass is 16.5. The summed E-state index contributed by atoms with van der Waals surface area (Å²) in [6.07, 6.45) is 5.35. The Morgan fingerprint density at radius 1 is 0.780 bits per heavy atom. The van der Waals surface area contributed by atoms with Crippen molar-refractivity contribution in [1.29, 1.82) is 0 Å². The number of hydrogen-bond donors (Lipinski definition) is 3. The van der Waals surface area contributed by atoms with Gasteiger partial charge in [0.05, 0.1) is 42.3 Å². The minimum atomic E-state index is -0.866. The van der Waals surface area contributed by atoms with Crippen molar-refractivity contribution < 1.29 is 19.1 Å². The van der Waals surface area contributed by atoms with Crippen molar-refractivity contribution in [3.8, 4) is 23.1 Å². The first kappa shape index (κ1) is 35.5. The zero-order valence-electron chi connectivity index (χ0n) is 32.7. The molecule has 3 N–H and O–H groups in total. The number of nitrogens with zero attached hydrogens (tertiary/aromatic N) is 4. The number of hydrogen-bond acceptors (Lipinski definition) is 6. The number of aromatic nitrogens is 4. The maximum atomic E-state index is 14.2. The van der Waals surface area contributed by atoms with Crippen LogP contribution in [0.2, 0.25) is 0 Å². The minimum Gasteiger partial charge on any atom is -0.453 e. The number of benzene rings is 4. The standard InChI is InChI=1S/C48H43N7O4/c1-59-48(58)53-43(30-10-6-3-7-11-30)47(57)55-39-24-33(39)26-41(55)45-49-35-18-15-29(21-37(35)51-45)13-12-28-14-17-34-31(20-28)16-19-36-44(34)52-46(50-36)40-25-32-23-38(32)54(40)42(56)22-27-8-4-2-5-9-27/h2-11,14-15,17-18,20-21,32-33,38-41,43H,16,19,22-26H2,1H3,(H,49,51)(H,50,52)(H,53,58)/t32-,33?,38-,39-,40+,41+,43-/m1/s1. The number of aromatic amines is 2. The van der Waals surface area contributed by atoms with Gasteiger partial charge in [0.15, 0.2) is 0 Å². The van der Waals surface area contributed by atoms with E-state index in [1.165, 1.54) is 12.7 Å². The fourth-order valence-corrected chi connectivity index (χ4v) is 9.97. The fourth-order valence-electron chi connectivity index (χ4n) is 9.97. The average molecular weight is 782 g/mol. The molecule has 11 heteroatoms. The van der Waals surface area contributed by atoms with Crippen LogP contribution < -0.4 is 5.32 Å². The normalized spacial score (nSPS) is 23.6. The van der Waals surface area contributed by atoms with Gasteiger partial charge in [-0.1, -0.05) is 78.6 Å². The van der Waals surface area contributed by atoms with Crippen LogP contribution in [0, 0.1) is 23.7 Å². The van der Waals surface area contributed by atoms with Gasteiger partial charge in [-0.15, -0.1) is 0 Å². The van der Waals surface area contributed by atoms with Crippen LogP contribution in [0.3, 0.4) is 0 Å². The fraction of sp³-hybridized carbons (Fsp3) is 0.312. The number of amides is 3. The number of imidazole rings is 2. The van der Waals surface area contributed by atoms with Crippen LogP contribution in [0.1, 0.15) is 89.0 Å². The third kappa shape index (κ3) is 6.43. The van der Waals surface area contributed by atoms with Gasteiger partial charge < -0.3 is 29.8 Å². The minimum absolute atomic E-state index is 0.00928. The number of aryl methyl sites for hydroxylation is 2. The van der Waals surface area contributed by atoms with E-state index in [1.54, 1.807) is 0 Å². The van der Waals surface area contributed by atoms with E-state index in [0.717, 1.165) is 94.8 Å². The monoisotopic (exact) mass is 781 g/mol. The summed E-state index contributed by atoms with van der Waals surface area (Å²) in [5.74, 6) is 9.40. The lowest BCUT2D eigenvalue weighted by molar-refractivity contribution is -0.136. The Hall–Kier alpha value is -6.67. The Bertz CT molecular complexity index is 2710. The maximum absolute atomic E-state index is 14.2. The van der Waals surface area contributed by atoms with Crippen molar-refractivity contribution in [1.82, 2.24) is 35.1 Å². The summed E-state index contributed by atoms with van der Waals surface area (Å²) in [4.78, 5) is 61.4. The van der Waals surface area contributed by atoms with Crippen molar-refractivity contribution in [2.75, 3.05) is 7.11 Å². The molecule has 11 rings (SSSR count). The van der Waals surface area contributed by atoms with Gasteiger partial charge >= 0.3 is 6.09 Å². The van der Waals surface area contributed by atoms with Gasteiger partial charge in [0.2, 0.25) is 5.91 Å². The third-order valence-corrected chi connectivity index (χ3v) is 13.1. The Morgan fingerprint density at radius 2 is 1.46 bits per heavy atom. The maximum Gasteiger partial charge on any atom is 0.407 e. The lowest BCUT2D eigenvalue weighted by Crippen LogP contribution is -2.44. The van der Waals surface area contributed by atoms with E-state index in [0.29, 0.717) is 29.9 Å². The molecule has 0 radical (unpaired) electrons. The van der Waals surface area contributed by atoms with Gasteiger partial charge in [-0.25, -0.2) is 14.8 Å². The molecule has 294 valence electrons. The highest BCUT2D eigenvalue weighted by molar-refractivity contribution is 5.88. The molecule has 59 heavy (non-hydrogen) atoms. The highest BCUT2D eigenvalue weighted by Crippen LogP contribution is 2.55. The summed E-state index contributed by atoms with van der Waals surface area (Å²) in [5.41, 5.74) is 9.72. The molecular weight excluding hydrogens is 739 g/mol. The summed E-state index contributed by atoms with van der Waals surface area (Å²) >= 11 is 0. The number of H-pyrrole nitrogens is 2. The van der Waals surface area contributed by atoms with Crippen molar-refractivity contribution >= 4 is 28.9 Å². The number of nitrogens with one attached hydrogen (secondary N) is 3. The summed E-state index contributed by atoms with van der Waals surface area (Å²) in [7, 11) is 1.30. The van der Waals surface area contributed by atoms with Crippen LogP contribution in [0.4, 0.5) is 4.79 Å². The van der Waals surface area contributed by atoms with E-state index in [2.05, 4.69) is 50.2 Å². The molecule has 7 atom stereocenters. The molecule has 6 aromatic rings. The number of rotatable bonds is 7. The molecule has 2 saturated heterocycles. The number of alkyl carbamates (subject to hydrolysis) is 1. The molecule has 3 aliphatic carbocycles. The topological polar surface area (TPSA) is 136 Å². The molecule has 2 saturated carbocycles. The number of fused-ring (bicyclic) bond motifs is 6. The average Bonchev–Trinajstić information content (AvgIpc) is 3.92. The number of ether oxygens (including phenoxy) is 1. The molecule has 2 aliphatic heterocycles. The van der Waals surface area contributed by atoms with E-state index in [-0.39, 0.29) is 29.9 Å². The Labute approximate surface area is 341 Å². The van der Waals surface area contributed by atoms with Gasteiger partial charge in [-0.3, -0.25) is 9.59 Å². The quantitative estimate of drug-likeness (QED) is 0.148. The number of likely N-dealkylation sites (tertiary alicyclic amines) is 2. The van der Waals surface area contributed by atoms with Crippen molar-refractivity contribution in [2.45, 2.75) is 75.2 Å². The molecule has 5 aliphatic rings. The molecule has 0 bridgehead atoms. The first-order chi connectivity index (χ1) is 28.9. The molecule has 4 heterocycles. The van der Waals surface area contributed by atoms with E-state index < -0.39 is 12.1 Å². The second kappa shape index (κ2) is 14.0. The predicted octanol–water partition coefficient (Wildman–Crippen LogP) is 7.12. The highest BCUT2D eigenvalue weighted by Gasteiger charge is 2.57. The van der Waals surface area contributed by atoms with Gasteiger partial charge in [0.1, 0.15) is 17.7 Å². The molecule has 3 amide bonds. The Kier molecular flexibility index (Phi) is 8.43. The van der Waals surface area contributed by atoms with Gasteiger partial charge in [-0.05, 0) is 97.4 Å². The third-order valence-electron chi connectivity index (χ3n) is 13.1. The van der Waals surface area contributed by atoms with Gasteiger partial charge in [0.25, 0.3) is 5.91 Å². The predicted molar refractivity (Wildman–Crippen MR) is 221 cm³/mol. The Morgan fingerprint density at radius 3 is 2.22 bits per heavy atom. The molecule has 1 unspecified atom stereocenters. The van der Waals surface area contributed by atoms with Crippen molar-refractivity contribution in [2.24, 2.45) is 11.8 Å². The van der Waals surface area contributed by atoms with Crippen LogP contribution in [0.15, 0.2) is 97.1 Å².